The van der Waals surface area contributed by atoms with E-state index in [0.29, 0.717) is 25.6 Å². The van der Waals surface area contributed by atoms with Crippen molar-refractivity contribution >= 4 is 5.97 Å². The Morgan fingerprint density at radius 1 is 1.29 bits per heavy atom. The molecular formula is C14H17F4NO2. The second-order valence-electron chi connectivity index (χ2n) is 4.43. The minimum atomic E-state index is -4.57. The van der Waals surface area contributed by atoms with Gasteiger partial charge in [0, 0.05) is 13.0 Å². The van der Waals surface area contributed by atoms with Crippen LogP contribution in [-0.2, 0) is 22.3 Å². The van der Waals surface area contributed by atoms with Crippen LogP contribution in [-0.4, -0.2) is 19.1 Å². The Labute approximate surface area is 120 Å². The topological polar surface area (TPSA) is 38.3 Å². The third kappa shape index (κ3) is 6.57. The summed E-state index contributed by atoms with van der Waals surface area (Å²) in [5.41, 5.74) is -0.802. The number of benzene rings is 1. The average Bonchev–Trinajstić information content (AvgIpc) is 2.37. The third-order valence-corrected chi connectivity index (χ3v) is 2.65. The summed E-state index contributed by atoms with van der Waals surface area (Å²) in [5, 5.41) is 2.86. The van der Waals surface area contributed by atoms with Crippen LogP contribution >= 0.6 is 0 Å². The molecule has 3 nitrogen and oxygen atoms in total. The second-order valence-corrected chi connectivity index (χ2v) is 4.43. The van der Waals surface area contributed by atoms with Crippen LogP contribution in [0.15, 0.2) is 18.2 Å². The monoisotopic (exact) mass is 307 g/mol. The SMILES string of the molecule is CCOC(=O)CCCNCc1cc(F)cc(C(F)(F)F)c1. The zero-order valence-corrected chi connectivity index (χ0v) is 11.6. The van der Waals surface area contributed by atoms with Crippen LogP contribution in [0.4, 0.5) is 17.6 Å². The number of esters is 1. The lowest BCUT2D eigenvalue weighted by atomic mass is 10.1. The highest BCUT2D eigenvalue weighted by molar-refractivity contribution is 5.69. The van der Waals surface area contributed by atoms with Crippen LogP contribution in [0.3, 0.4) is 0 Å². The van der Waals surface area contributed by atoms with E-state index < -0.39 is 17.6 Å². The molecule has 0 radical (unpaired) electrons. The normalized spacial score (nSPS) is 11.5. The van der Waals surface area contributed by atoms with E-state index in [1.165, 1.54) is 0 Å². The van der Waals surface area contributed by atoms with Crippen molar-refractivity contribution in [3.63, 3.8) is 0 Å². The van der Waals surface area contributed by atoms with E-state index in [0.717, 1.165) is 12.1 Å². The first-order valence-electron chi connectivity index (χ1n) is 6.56. The van der Waals surface area contributed by atoms with Crippen LogP contribution in [0, 0.1) is 5.82 Å². The number of ether oxygens (including phenoxy) is 1. The fourth-order valence-electron chi connectivity index (χ4n) is 1.74. The van der Waals surface area contributed by atoms with Crippen molar-refractivity contribution in [1.29, 1.82) is 0 Å². The smallest absolute Gasteiger partial charge is 0.416 e. The van der Waals surface area contributed by atoms with E-state index in [1.54, 1.807) is 6.92 Å². The molecular weight excluding hydrogens is 290 g/mol. The molecule has 0 fully saturated rings. The Bertz CT molecular complexity index is 475. The summed E-state index contributed by atoms with van der Waals surface area (Å²) in [4.78, 5) is 11.1. The highest BCUT2D eigenvalue weighted by Crippen LogP contribution is 2.30. The maximum Gasteiger partial charge on any atom is 0.416 e. The van der Waals surface area contributed by atoms with Crippen molar-refractivity contribution in [3.05, 3.63) is 35.1 Å². The zero-order chi connectivity index (χ0) is 15.9. The second kappa shape index (κ2) is 7.97. The van der Waals surface area contributed by atoms with E-state index in [4.69, 9.17) is 4.74 Å². The molecule has 0 aliphatic heterocycles. The van der Waals surface area contributed by atoms with Gasteiger partial charge in [0.15, 0.2) is 0 Å². The first-order chi connectivity index (χ1) is 9.82. The molecule has 0 unspecified atom stereocenters. The van der Waals surface area contributed by atoms with Gasteiger partial charge in [0.05, 0.1) is 12.2 Å². The van der Waals surface area contributed by atoms with Crippen LogP contribution < -0.4 is 5.32 Å². The number of hydrogen-bond donors (Lipinski definition) is 1. The summed E-state index contributed by atoms with van der Waals surface area (Å²) >= 11 is 0. The summed E-state index contributed by atoms with van der Waals surface area (Å²) in [6.45, 7) is 2.55. The lowest BCUT2D eigenvalue weighted by Crippen LogP contribution is -2.17. The fourth-order valence-corrected chi connectivity index (χ4v) is 1.74. The van der Waals surface area contributed by atoms with Gasteiger partial charge in [-0.2, -0.15) is 13.2 Å². The summed E-state index contributed by atoms with van der Waals surface area (Å²) < 4.78 is 55.4. The van der Waals surface area contributed by atoms with Crippen LogP contribution in [0.1, 0.15) is 30.9 Å². The minimum absolute atomic E-state index is 0.101. The van der Waals surface area contributed by atoms with Gasteiger partial charge in [0.2, 0.25) is 0 Å². The summed E-state index contributed by atoms with van der Waals surface area (Å²) in [6.07, 6.45) is -3.83. The fraction of sp³-hybridized carbons (Fsp3) is 0.500. The Hall–Kier alpha value is -1.63. The van der Waals surface area contributed by atoms with Crippen molar-refractivity contribution in [2.24, 2.45) is 0 Å². The molecule has 0 heterocycles. The molecule has 1 N–H and O–H groups in total. The van der Waals surface area contributed by atoms with Crippen LogP contribution in [0.5, 0.6) is 0 Å². The molecule has 0 spiro atoms. The largest absolute Gasteiger partial charge is 0.466 e. The van der Waals surface area contributed by atoms with Crippen molar-refractivity contribution in [2.75, 3.05) is 13.2 Å². The predicted octanol–water partition coefficient (Wildman–Crippen LogP) is 3.28. The van der Waals surface area contributed by atoms with E-state index in [2.05, 4.69) is 5.32 Å². The van der Waals surface area contributed by atoms with Crippen molar-refractivity contribution in [2.45, 2.75) is 32.5 Å². The number of carbonyl (C=O) groups is 1. The molecule has 0 amide bonds. The number of nitrogens with one attached hydrogen (secondary N) is 1. The molecule has 1 rings (SSSR count). The van der Waals surface area contributed by atoms with E-state index >= 15 is 0 Å². The maximum atomic E-state index is 13.1. The quantitative estimate of drug-likeness (QED) is 0.477. The molecule has 0 saturated heterocycles. The third-order valence-electron chi connectivity index (χ3n) is 2.65. The van der Waals surface area contributed by atoms with E-state index in [1.807, 2.05) is 0 Å². The number of carbonyl (C=O) groups excluding carboxylic acids is 1. The zero-order valence-electron chi connectivity index (χ0n) is 11.6. The van der Waals surface area contributed by atoms with E-state index in [-0.39, 0.29) is 24.5 Å². The molecule has 0 saturated carbocycles. The lowest BCUT2D eigenvalue weighted by Gasteiger charge is -2.10. The number of alkyl halides is 3. The summed E-state index contributed by atoms with van der Waals surface area (Å²) in [6, 6.07) is 2.42. The van der Waals surface area contributed by atoms with Gasteiger partial charge in [-0.3, -0.25) is 4.79 Å². The van der Waals surface area contributed by atoms with Crippen molar-refractivity contribution in [1.82, 2.24) is 5.32 Å². The van der Waals surface area contributed by atoms with Gasteiger partial charge < -0.3 is 10.1 Å². The highest BCUT2D eigenvalue weighted by atomic mass is 19.4. The highest BCUT2D eigenvalue weighted by Gasteiger charge is 2.31. The predicted molar refractivity (Wildman–Crippen MR) is 69.0 cm³/mol. The maximum absolute atomic E-state index is 13.1. The standard InChI is InChI=1S/C14H17F4NO2/c1-2-21-13(20)4-3-5-19-9-10-6-11(14(16,17)18)8-12(15)7-10/h6-8,19H,2-5,9H2,1H3. The summed E-state index contributed by atoms with van der Waals surface area (Å²) in [7, 11) is 0. The lowest BCUT2D eigenvalue weighted by molar-refractivity contribution is -0.143. The average molecular weight is 307 g/mol. The molecule has 0 aromatic heterocycles. The Morgan fingerprint density at radius 3 is 2.62 bits per heavy atom. The number of rotatable bonds is 7. The molecule has 0 aliphatic rings. The van der Waals surface area contributed by atoms with Gasteiger partial charge in [0.25, 0.3) is 0 Å². The Morgan fingerprint density at radius 2 is 2.00 bits per heavy atom. The molecule has 1 aromatic rings. The number of hydrogen-bond acceptors (Lipinski definition) is 3. The molecule has 0 aliphatic carbocycles. The molecule has 21 heavy (non-hydrogen) atoms. The summed E-state index contributed by atoms with van der Waals surface area (Å²) in [5.74, 6) is -1.24. The first kappa shape index (κ1) is 17.4. The number of halogens is 4. The van der Waals surface area contributed by atoms with Gasteiger partial charge in [-0.25, -0.2) is 4.39 Å². The van der Waals surface area contributed by atoms with Gasteiger partial charge in [-0.1, -0.05) is 0 Å². The van der Waals surface area contributed by atoms with Crippen molar-refractivity contribution in [3.8, 4) is 0 Å². The Balaban J connectivity index is 2.42. The molecule has 0 bridgehead atoms. The van der Waals surface area contributed by atoms with Crippen molar-refractivity contribution < 1.29 is 27.1 Å². The minimum Gasteiger partial charge on any atom is -0.466 e. The molecule has 0 atom stereocenters. The van der Waals surface area contributed by atoms with Gasteiger partial charge >= 0.3 is 12.1 Å². The van der Waals surface area contributed by atoms with Crippen LogP contribution in [0.2, 0.25) is 0 Å². The van der Waals surface area contributed by atoms with Gasteiger partial charge in [-0.05, 0) is 43.7 Å². The van der Waals surface area contributed by atoms with Crippen LogP contribution in [0.25, 0.3) is 0 Å². The molecule has 7 heteroatoms. The van der Waals surface area contributed by atoms with E-state index in [9.17, 15) is 22.4 Å². The molecule has 1 aromatic carbocycles. The van der Waals surface area contributed by atoms with Gasteiger partial charge in [0.1, 0.15) is 5.82 Å². The van der Waals surface area contributed by atoms with Gasteiger partial charge in [-0.15, -0.1) is 0 Å². The first-order valence-corrected chi connectivity index (χ1v) is 6.56. The Kier molecular flexibility index (Phi) is 6.61. The molecule has 118 valence electrons.